The molecule has 0 heterocycles. The third kappa shape index (κ3) is 2.05. The number of fused-ring (bicyclic) bond motifs is 1. The van der Waals surface area contributed by atoms with Gasteiger partial charge in [-0.05, 0) is 29.3 Å². The molecule has 0 fully saturated rings. The van der Waals surface area contributed by atoms with E-state index in [4.69, 9.17) is 9.90 Å². The van der Waals surface area contributed by atoms with Crippen LogP contribution >= 0.6 is 0 Å². The molecule has 0 aliphatic heterocycles. The zero-order valence-corrected chi connectivity index (χ0v) is 6.98. The van der Waals surface area contributed by atoms with Gasteiger partial charge in [-0.15, -0.1) is 0 Å². The lowest BCUT2D eigenvalue weighted by atomic mass is 10.3. The summed E-state index contributed by atoms with van der Waals surface area (Å²) in [5.74, 6) is -0.249. The highest BCUT2D eigenvalue weighted by Gasteiger charge is 2.17. The summed E-state index contributed by atoms with van der Waals surface area (Å²) in [7, 11) is 1.39. The summed E-state index contributed by atoms with van der Waals surface area (Å²) in [4.78, 5) is 19.2. The van der Waals surface area contributed by atoms with Crippen molar-refractivity contribution in [2.75, 3.05) is 7.11 Å². The zero-order valence-electron chi connectivity index (χ0n) is 6.98. The van der Waals surface area contributed by atoms with Gasteiger partial charge in [-0.25, -0.2) is 4.79 Å². The Morgan fingerprint density at radius 3 is 2.23 bits per heavy atom. The topological polar surface area (TPSA) is 63.6 Å². The predicted molar refractivity (Wildman–Crippen MR) is 45.5 cm³/mol. The Hall–Kier alpha value is -1.84. The Balaban J connectivity index is 0.000000251. The number of esters is 1. The first-order valence-electron chi connectivity index (χ1n) is 3.54. The number of hydrogen-bond donors (Lipinski definition) is 1. The Morgan fingerprint density at radius 1 is 1.38 bits per heavy atom. The van der Waals surface area contributed by atoms with Crippen molar-refractivity contribution in [1.82, 2.24) is 0 Å². The van der Waals surface area contributed by atoms with E-state index in [0.29, 0.717) is 5.56 Å². The maximum atomic E-state index is 10.8. The molecular weight excluding hydrogens is 172 g/mol. The Morgan fingerprint density at radius 2 is 1.85 bits per heavy atom. The molecule has 0 radical (unpaired) electrons. The zero-order chi connectivity index (χ0) is 9.84. The Bertz CT molecular complexity index is 323. The van der Waals surface area contributed by atoms with Gasteiger partial charge >= 0.3 is 5.97 Å². The van der Waals surface area contributed by atoms with E-state index in [-0.39, 0.29) is 12.4 Å². The molecule has 2 rings (SSSR count). The first-order valence-corrected chi connectivity index (χ1v) is 3.54. The maximum absolute atomic E-state index is 10.8. The number of carboxylic acid groups (broad SMARTS) is 1. The molecule has 4 nitrogen and oxygen atoms in total. The Labute approximate surface area is 74.8 Å². The number of benzene rings is 1. The highest BCUT2D eigenvalue weighted by Crippen LogP contribution is 2.36. The second-order valence-corrected chi connectivity index (χ2v) is 2.40. The predicted octanol–water partition coefficient (Wildman–Crippen LogP) is 1.15. The van der Waals surface area contributed by atoms with E-state index >= 15 is 0 Å². The van der Waals surface area contributed by atoms with Crippen LogP contribution in [0.4, 0.5) is 0 Å². The minimum Gasteiger partial charge on any atom is -0.483 e. The number of ether oxygens (including phenoxy) is 1. The van der Waals surface area contributed by atoms with Crippen molar-refractivity contribution in [2.45, 2.75) is 0 Å². The molecule has 2 aliphatic rings. The maximum Gasteiger partial charge on any atom is 0.337 e. The molecule has 0 saturated heterocycles. The van der Waals surface area contributed by atoms with Gasteiger partial charge in [0.25, 0.3) is 6.47 Å². The molecule has 0 atom stereocenters. The lowest BCUT2D eigenvalue weighted by Crippen LogP contribution is -1.97. The van der Waals surface area contributed by atoms with E-state index in [0.717, 1.165) is 0 Å². The lowest BCUT2D eigenvalue weighted by molar-refractivity contribution is -0.122. The average molecular weight is 180 g/mol. The van der Waals surface area contributed by atoms with Crippen LogP contribution in [-0.2, 0) is 9.53 Å². The molecule has 0 aromatic carbocycles. The number of hydrogen-bond acceptors (Lipinski definition) is 3. The molecule has 0 aromatic heterocycles. The molecule has 0 amide bonds. The fraction of sp³-hybridized carbons (Fsp3) is 0.111. The van der Waals surface area contributed by atoms with E-state index in [9.17, 15) is 4.79 Å². The SMILES string of the molecule is COC(=O)c1cc2cc-2c1.O=CO. The van der Waals surface area contributed by atoms with Crippen molar-refractivity contribution in [3.05, 3.63) is 23.8 Å². The summed E-state index contributed by atoms with van der Waals surface area (Å²) >= 11 is 0. The summed E-state index contributed by atoms with van der Waals surface area (Å²) in [6.07, 6.45) is 0. The minimum atomic E-state index is -0.250. The van der Waals surface area contributed by atoms with Crippen LogP contribution in [0.25, 0.3) is 11.1 Å². The van der Waals surface area contributed by atoms with E-state index in [1.807, 2.05) is 18.2 Å². The van der Waals surface area contributed by atoms with Crippen LogP contribution in [0.2, 0.25) is 0 Å². The molecular formula is C9H8O4. The Kier molecular flexibility index (Phi) is 2.64. The quantitative estimate of drug-likeness (QED) is 0.528. The summed E-state index contributed by atoms with van der Waals surface area (Å²) in [5, 5.41) is 6.89. The third-order valence-corrected chi connectivity index (χ3v) is 1.60. The van der Waals surface area contributed by atoms with E-state index in [1.165, 1.54) is 18.2 Å². The van der Waals surface area contributed by atoms with Crippen LogP contribution in [-0.4, -0.2) is 24.7 Å². The number of carbonyl (C=O) groups excluding carboxylic acids is 1. The monoisotopic (exact) mass is 180 g/mol. The van der Waals surface area contributed by atoms with Crippen LogP contribution in [0.3, 0.4) is 0 Å². The van der Waals surface area contributed by atoms with Gasteiger partial charge in [0, 0.05) is 0 Å². The first kappa shape index (κ1) is 9.25. The highest BCUT2D eigenvalue weighted by molar-refractivity contribution is 5.97. The minimum absolute atomic E-state index is 0.249. The molecule has 0 saturated carbocycles. The number of rotatable bonds is 1. The molecule has 0 unspecified atom stereocenters. The summed E-state index contributed by atoms with van der Waals surface area (Å²) < 4.78 is 4.52. The molecule has 0 aromatic rings. The molecule has 0 spiro atoms. The average Bonchev–Trinajstić information content (AvgIpc) is 2.74. The van der Waals surface area contributed by atoms with Gasteiger partial charge in [-0.3, -0.25) is 4.79 Å². The third-order valence-electron chi connectivity index (χ3n) is 1.60. The number of methoxy groups -OCH3 is 1. The van der Waals surface area contributed by atoms with Crippen molar-refractivity contribution in [3.8, 4) is 11.1 Å². The fourth-order valence-corrected chi connectivity index (χ4v) is 0.994. The largest absolute Gasteiger partial charge is 0.483 e. The van der Waals surface area contributed by atoms with Gasteiger partial charge in [0.15, 0.2) is 0 Å². The normalized spacial score (nSPS) is 9.31. The number of carbonyl (C=O) groups is 2. The molecule has 0 bridgehead atoms. The smallest absolute Gasteiger partial charge is 0.337 e. The van der Waals surface area contributed by atoms with Crippen molar-refractivity contribution >= 4 is 12.4 Å². The summed E-state index contributed by atoms with van der Waals surface area (Å²) in [6.45, 7) is -0.250. The van der Waals surface area contributed by atoms with Crippen molar-refractivity contribution in [1.29, 1.82) is 0 Å². The summed E-state index contributed by atoms with van der Waals surface area (Å²) in [5.41, 5.74) is 3.00. The van der Waals surface area contributed by atoms with Gasteiger partial charge in [0.2, 0.25) is 0 Å². The van der Waals surface area contributed by atoms with Crippen LogP contribution in [0, 0.1) is 0 Å². The van der Waals surface area contributed by atoms with E-state index in [2.05, 4.69) is 4.74 Å². The van der Waals surface area contributed by atoms with E-state index in [1.54, 1.807) is 0 Å². The van der Waals surface area contributed by atoms with Crippen molar-refractivity contribution in [2.24, 2.45) is 0 Å². The van der Waals surface area contributed by atoms with Gasteiger partial charge in [-0.2, -0.15) is 0 Å². The van der Waals surface area contributed by atoms with Gasteiger partial charge in [0.1, 0.15) is 0 Å². The van der Waals surface area contributed by atoms with Crippen LogP contribution in [0.1, 0.15) is 10.4 Å². The molecule has 13 heavy (non-hydrogen) atoms. The fourth-order valence-electron chi connectivity index (χ4n) is 0.994. The van der Waals surface area contributed by atoms with Crippen molar-refractivity contribution in [3.63, 3.8) is 0 Å². The summed E-state index contributed by atoms with van der Waals surface area (Å²) in [6, 6.07) is 5.69. The van der Waals surface area contributed by atoms with E-state index < -0.39 is 0 Å². The molecule has 68 valence electrons. The van der Waals surface area contributed by atoms with Gasteiger partial charge in [0.05, 0.1) is 12.7 Å². The molecule has 2 aliphatic carbocycles. The molecule has 4 heteroatoms. The lowest BCUT2D eigenvalue weighted by Gasteiger charge is -1.91. The standard InChI is InChI=1S/C8H6O2.CH2O2/c1-10-8(9)7-3-5-2-6(5)4-7;2-1-3/h2-4H,1H3;1H,(H,2,3). The van der Waals surface area contributed by atoms with Crippen LogP contribution in [0.5, 0.6) is 0 Å². The van der Waals surface area contributed by atoms with Gasteiger partial charge in [-0.1, -0.05) is 0 Å². The first-order chi connectivity index (χ1) is 6.22. The highest BCUT2D eigenvalue weighted by atomic mass is 16.5. The van der Waals surface area contributed by atoms with Crippen LogP contribution < -0.4 is 0 Å². The second kappa shape index (κ2) is 3.71. The second-order valence-electron chi connectivity index (χ2n) is 2.40. The van der Waals surface area contributed by atoms with Gasteiger partial charge < -0.3 is 9.84 Å². The van der Waals surface area contributed by atoms with Crippen molar-refractivity contribution < 1.29 is 19.4 Å². The molecule has 1 N–H and O–H groups in total. The van der Waals surface area contributed by atoms with Crippen LogP contribution in [0.15, 0.2) is 18.2 Å².